The van der Waals surface area contributed by atoms with Crippen LogP contribution in [0.5, 0.6) is 5.75 Å². The molecule has 0 bridgehead atoms. The standard InChI is InChI=1S/C18H22ClN3O2/c1-21(2)17-7-5-4-6-16(17)20-18(23)22(3)12-13-24-15-10-8-14(19)9-11-15/h4-11H,12-13H2,1-3H3,(H,20,23). The van der Waals surface area contributed by atoms with E-state index in [1.165, 1.54) is 0 Å². The van der Waals surface area contributed by atoms with Crippen molar-refractivity contribution in [1.29, 1.82) is 0 Å². The highest BCUT2D eigenvalue weighted by molar-refractivity contribution is 6.30. The van der Waals surface area contributed by atoms with Gasteiger partial charge in [0.1, 0.15) is 12.4 Å². The number of benzene rings is 2. The third-order valence-electron chi connectivity index (χ3n) is 3.48. The molecule has 2 rings (SSSR count). The van der Waals surface area contributed by atoms with Crippen molar-refractivity contribution in [2.75, 3.05) is 44.5 Å². The Bertz CT molecular complexity index is 674. The van der Waals surface area contributed by atoms with Crippen molar-refractivity contribution < 1.29 is 9.53 Å². The lowest BCUT2D eigenvalue weighted by molar-refractivity contribution is 0.207. The lowest BCUT2D eigenvalue weighted by Gasteiger charge is -2.21. The molecular formula is C18H22ClN3O2. The van der Waals surface area contributed by atoms with Gasteiger partial charge in [-0.05, 0) is 36.4 Å². The van der Waals surface area contributed by atoms with Crippen LogP contribution in [0.15, 0.2) is 48.5 Å². The van der Waals surface area contributed by atoms with E-state index in [4.69, 9.17) is 16.3 Å². The zero-order valence-corrected chi connectivity index (χ0v) is 14.9. The Balaban J connectivity index is 1.85. The maximum Gasteiger partial charge on any atom is 0.321 e. The number of likely N-dealkylation sites (N-methyl/N-ethyl adjacent to an activating group) is 1. The summed E-state index contributed by atoms with van der Waals surface area (Å²) in [6.07, 6.45) is 0. The first-order chi connectivity index (χ1) is 11.5. The van der Waals surface area contributed by atoms with Gasteiger partial charge in [0, 0.05) is 26.2 Å². The third kappa shape index (κ3) is 5.06. The van der Waals surface area contributed by atoms with Crippen LogP contribution in [0.3, 0.4) is 0 Å². The average molecular weight is 348 g/mol. The molecule has 5 nitrogen and oxygen atoms in total. The van der Waals surface area contributed by atoms with Gasteiger partial charge in [-0.3, -0.25) is 0 Å². The summed E-state index contributed by atoms with van der Waals surface area (Å²) in [5.74, 6) is 0.728. The fraction of sp³-hybridized carbons (Fsp3) is 0.278. The molecule has 128 valence electrons. The van der Waals surface area contributed by atoms with Crippen LogP contribution < -0.4 is 15.0 Å². The summed E-state index contributed by atoms with van der Waals surface area (Å²) in [5.41, 5.74) is 1.73. The summed E-state index contributed by atoms with van der Waals surface area (Å²) in [6, 6.07) is 14.6. The highest BCUT2D eigenvalue weighted by atomic mass is 35.5. The number of amides is 2. The predicted octanol–water partition coefficient (Wildman–Crippen LogP) is 3.95. The van der Waals surface area contributed by atoms with Gasteiger partial charge >= 0.3 is 6.03 Å². The van der Waals surface area contributed by atoms with Crippen LogP contribution in [-0.2, 0) is 0 Å². The summed E-state index contributed by atoms with van der Waals surface area (Å²) >= 11 is 5.83. The molecule has 0 aliphatic carbocycles. The lowest BCUT2D eigenvalue weighted by atomic mass is 10.2. The van der Waals surface area contributed by atoms with Crippen molar-refractivity contribution >= 4 is 29.0 Å². The minimum absolute atomic E-state index is 0.177. The molecule has 0 fully saturated rings. The molecule has 0 spiro atoms. The van der Waals surface area contributed by atoms with Crippen molar-refractivity contribution in [1.82, 2.24) is 4.90 Å². The summed E-state index contributed by atoms with van der Waals surface area (Å²) < 4.78 is 5.61. The van der Waals surface area contributed by atoms with Crippen molar-refractivity contribution in [3.05, 3.63) is 53.6 Å². The number of anilines is 2. The summed E-state index contributed by atoms with van der Waals surface area (Å²) in [4.78, 5) is 15.8. The number of hydrogen-bond donors (Lipinski definition) is 1. The Labute approximate surface area is 147 Å². The second kappa shape index (κ2) is 8.45. The van der Waals surface area contributed by atoms with E-state index in [0.29, 0.717) is 18.2 Å². The second-order valence-corrected chi connectivity index (χ2v) is 6.00. The zero-order valence-electron chi connectivity index (χ0n) is 14.1. The Kier molecular flexibility index (Phi) is 6.32. The molecule has 1 N–H and O–H groups in total. The topological polar surface area (TPSA) is 44.8 Å². The minimum Gasteiger partial charge on any atom is -0.492 e. The van der Waals surface area contributed by atoms with Crippen LogP contribution in [0.1, 0.15) is 0 Å². The van der Waals surface area contributed by atoms with Gasteiger partial charge in [0.2, 0.25) is 0 Å². The number of nitrogens with zero attached hydrogens (tertiary/aromatic N) is 2. The first kappa shape index (κ1) is 17.9. The van der Waals surface area contributed by atoms with E-state index >= 15 is 0 Å². The van der Waals surface area contributed by atoms with Crippen molar-refractivity contribution in [3.8, 4) is 5.75 Å². The van der Waals surface area contributed by atoms with Gasteiger partial charge in [0.05, 0.1) is 17.9 Å². The molecule has 6 heteroatoms. The van der Waals surface area contributed by atoms with Gasteiger partial charge in [-0.15, -0.1) is 0 Å². The molecule has 0 unspecified atom stereocenters. The number of para-hydroxylation sites is 2. The smallest absolute Gasteiger partial charge is 0.321 e. The van der Waals surface area contributed by atoms with Crippen molar-refractivity contribution in [3.63, 3.8) is 0 Å². The Hall–Kier alpha value is -2.40. The highest BCUT2D eigenvalue weighted by Crippen LogP contribution is 2.23. The Morgan fingerprint density at radius 3 is 2.42 bits per heavy atom. The van der Waals surface area contributed by atoms with Crippen LogP contribution in [-0.4, -0.2) is 45.2 Å². The summed E-state index contributed by atoms with van der Waals surface area (Å²) in [6.45, 7) is 0.874. The van der Waals surface area contributed by atoms with E-state index in [2.05, 4.69) is 5.32 Å². The molecule has 0 heterocycles. The highest BCUT2D eigenvalue weighted by Gasteiger charge is 2.11. The maximum atomic E-state index is 12.3. The molecule has 0 saturated heterocycles. The maximum absolute atomic E-state index is 12.3. The van der Waals surface area contributed by atoms with Crippen LogP contribution in [0, 0.1) is 0 Å². The van der Waals surface area contributed by atoms with Crippen LogP contribution >= 0.6 is 11.6 Å². The second-order valence-electron chi connectivity index (χ2n) is 5.57. The summed E-state index contributed by atoms with van der Waals surface area (Å²) in [7, 11) is 5.61. The fourth-order valence-electron chi connectivity index (χ4n) is 2.11. The average Bonchev–Trinajstić information content (AvgIpc) is 2.56. The van der Waals surface area contributed by atoms with Gasteiger partial charge in [-0.2, -0.15) is 0 Å². The molecule has 0 atom stereocenters. The first-order valence-electron chi connectivity index (χ1n) is 7.64. The molecule has 0 aliphatic heterocycles. The van der Waals surface area contributed by atoms with E-state index in [-0.39, 0.29) is 6.03 Å². The fourth-order valence-corrected chi connectivity index (χ4v) is 2.24. The quantitative estimate of drug-likeness (QED) is 0.860. The minimum atomic E-state index is -0.177. The monoisotopic (exact) mass is 347 g/mol. The van der Waals surface area contributed by atoms with Gasteiger partial charge in [-0.25, -0.2) is 4.79 Å². The van der Waals surface area contributed by atoms with Gasteiger partial charge < -0.3 is 19.9 Å². The largest absolute Gasteiger partial charge is 0.492 e. The number of halogens is 1. The third-order valence-corrected chi connectivity index (χ3v) is 3.74. The molecule has 0 aliphatic rings. The number of carbonyl (C=O) groups excluding carboxylic acids is 1. The van der Waals surface area contributed by atoms with Crippen LogP contribution in [0.25, 0.3) is 0 Å². The number of carbonyl (C=O) groups is 1. The predicted molar refractivity (Wildman–Crippen MR) is 99.4 cm³/mol. The van der Waals surface area contributed by atoms with E-state index in [1.54, 1.807) is 36.2 Å². The number of nitrogens with one attached hydrogen (secondary N) is 1. The Morgan fingerprint density at radius 2 is 1.75 bits per heavy atom. The number of urea groups is 1. The molecule has 0 aromatic heterocycles. The van der Waals surface area contributed by atoms with E-state index in [1.807, 2.05) is 43.3 Å². The van der Waals surface area contributed by atoms with E-state index in [0.717, 1.165) is 17.1 Å². The molecule has 2 aromatic carbocycles. The van der Waals surface area contributed by atoms with Crippen LogP contribution in [0.2, 0.25) is 5.02 Å². The number of hydrogen-bond acceptors (Lipinski definition) is 3. The van der Waals surface area contributed by atoms with Crippen molar-refractivity contribution in [2.24, 2.45) is 0 Å². The van der Waals surface area contributed by atoms with Gasteiger partial charge in [0.15, 0.2) is 0 Å². The number of rotatable bonds is 6. The molecule has 2 aromatic rings. The molecule has 2 amide bonds. The normalized spacial score (nSPS) is 10.2. The summed E-state index contributed by atoms with van der Waals surface area (Å²) in [5, 5.41) is 3.59. The van der Waals surface area contributed by atoms with E-state index in [9.17, 15) is 4.79 Å². The molecule has 0 radical (unpaired) electrons. The molecule has 24 heavy (non-hydrogen) atoms. The van der Waals surface area contributed by atoms with Gasteiger partial charge in [0.25, 0.3) is 0 Å². The number of ether oxygens (including phenoxy) is 1. The SMILES string of the molecule is CN(CCOc1ccc(Cl)cc1)C(=O)Nc1ccccc1N(C)C. The first-order valence-corrected chi connectivity index (χ1v) is 8.02. The van der Waals surface area contributed by atoms with Crippen molar-refractivity contribution in [2.45, 2.75) is 0 Å². The Morgan fingerprint density at radius 1 is 1.08 bits per heavy atom. The lowest BCUT2D eigenvalue weighted by Crippen LogP contribution is -2.34. The molecule has 0 saturated carbocycles. The van der Waals surface area contributed by atoms with E-state index < -0.39 is 0 Å². The van der Waals surface area contributed by atoms with Gasteiger partial charge in [-0.1, -0.05) is 23.7 Å². The molecular weight excluding hydrogens is 326 g/mol. The van der Waals surface area contributed by atoms with Crippen LogP contribution in [0.4, 0.5) is 16.2 Å². The zero-order chi connectivity index (χ0) is 17.5.